The molecule has 1 saturated heterocycles. The summed E-state index contributed by atoms with van der Waals surface area (Å²) in [6.45, 7) is 7.59. The van der Waals surface area contributed by atoms with Crippen LogP contribution in [0.2, 0.25) is 0 Å². The number of esters is 1. The lowest BCUT2D eigenvalue weighted by atomic mass is 9.95. The van der Waals surface area contributed by atoms with Crippen LogP contribution in [0.1, 0.15) is 50.8 Å². The number of benzene rings is 2. The molecule has 2 aliphatic heterocycles. The molecule has 5 rings (SSSR count). The molecule has 2 aromatic carbocycles. The number of rotatable bonds is 7. The van der Waals surface area contributed by atoms with Gasteiger partial charge in [-0.1, -0.05) is 30.4 Å². The summed E-state index contributed by atoms with van der Waals surface area (Å²) in [5.74, 6) is 0.102. The number of allylic oxidation sites excluding steroid dienone is 1. The molecule has 0 spiro atoms. The SMILES string of the molecule is CCOC(=O)C1=C(C)N=c2s/c(=C/c3cc([N+](=O)[O-])ccc3N3CCC(C)CC3)c(=O)n2[C@H]1c1ccc(N(C)C)cc1. The molecule has 0 radical (unpaired) electrons. The summed E-state index contributed by atoms with van der Waals surface area (Å²) in [5.41, 5.74) is 3.64. The molecule has 1 fully saturated rings. The van der Waals surface area contributed by atoms with Crippen LogP contribution in [0.25, 0.3) is 6.08 Å². The van der Waals surface area contributed by atoms with E-state index in [0.717, 1.165) is 42.9 Å². The highest BCUT2D eigenvalue weighted by molar-refractivity contribution is 7.07. The quantitative estimate of drug-likeness (QED) is 0.233. The van der Waals surface area contributed by atoms with Gasteiger partial charge in [0, 0.05) is 56.3 Å². The minimum atomic E-state index is -0.730. The predicted molar refractivity (Wildman–Crippen MR) is 165 cm³/mol. The number of hydrogen-bond acceptors (Lipinski definition) is 9. The van der Waals surface area contributed by atoms with Crippen LogP contribution in [-0.2, 0) is 9.53 Å². The molecule has 3 heterocycles. The van der Waals surface area contributed by atoms with Gasteiger partial charge in [0.05, 0.1) is 33.4 Å². The van der Waals surface area contributed by atoms with Crippen LogP contribution in [-0.4, -0.2) is 49.3 Å². The van der Waals surface area contributed by atoms with E-state index in [1.165, 1.54) is 23.5 Å². The molecule has 42 heavy (non-hydrogen) atoms. The molecular formula is C31H35N5O5S. The summed E-state index contributed by atoms with van der Waals surface area (Å²) in [4.78, 5) is 47.9. The summed E-state index contributed by atoms with van der Waals surface area (Å²) in [6.07, 6.45) is 3.78. The molecule has 10 nitrogen and oxygen atoms in total. The van der Waals surface area contributed by atoms with Crippen molar-refractivity contribution in [2.75, 3.05) is 43.6 Å². The zero-order valence-electron chi connectivity index (χ0n) is 24.5. The number of nitro groups is 1. The van der Waals surface area contributed by atoms with Crippen molar-refractivity contribution in [1.29, 1.82) is 0 Å². The Morgan fingerprint density at radius 2 is 1.88 bits per heavy atom. The summed E-state index contributed by atoms with van der Waals surface area (Å²) < 4.78 is 7.32. The van der Waals surface area contributed by atoms with Crippen molar-refractivity contribution in [3.63, 3.8) is 0 Å². The molecule has 3 aromatic rings. The Labute approximate surface area is 248 Å². The second kappa shape index (κ2) is 11.9. The van der Waals surface area contributed by atoms with E-state index in [0.29, 0.717) is 32.1 Å². The first-order valence-corrected chi connectivity index (χ1v) is 14.9. The van der Waals surface area contributed by atoms with Crippen molar-refractivity contribution in [3.05, 3.63) is 94.7 Å². The third-order valence-electron chi connectivity index (χ3n) is 7.88. The zero-order valence-corrected chi connectivity index (χ0v) is 25.3. The molecule has 0 aliphatic carbocycles. The molecule has 220 valence electrons. The average Bonchev–Trinajstić information content (AvgIpc) is 3.26. The largest absolute Gasteiger partial charge is 0.463 e. The van der Waals surface area contributed by atoms with Crippen molar-refractivity contribution in [1.82, 2.24) is 4.57 Å². The molecule has 11 heteroatoms. The fraction of sp³-hybridized carbons (Fsp3) is 0.387. The summed E-state index contributed by atoms with van der Waals surface area (Å²) in [7, 11) is 3.89. The molecular weight excluding hydrogens is 554 g/mol. The second-order valence-corrected chi connectivity index (χ2v) is 12.0. The Morgan fingerprint density at radius 1 is 1.19 bits per heavy atom. The maximum Gasteiger partial charge on any atom is 0.338 e. The number of piperidine rings is 1. The van der Waals surface area contributed by atoms with Crippen molar-refractivity contribution in [3.8, 4) is 0 Å². The predicted octanol–water partition coefficient (Wildman–Crippen LogP) is 4.01. The van der Waals surface area contributed by atoms with Crippen molar-refractivity contribution in [2.45, 2.75) is 39.7 Å². The van der Waals surface area contributed by atoms with Gasteiger partial charge in [0.15, 0.2) is 4.80 Å². The van der Waals surface area contributed by atoms with Gasteiger partial charge in [-0.05, 0) is 62.4 Å². The molecule has 0 bridgehead atoms. The number of thiazole rings is 1. The van der Waals surface area contributed by atoms with Gasteiger partial charge in [0.2, 0.25) is 0 Å². The highest BCUT2D eigenvalue weighted by Crippen LogP contribution is 2.32. The third kappa shape index (κ3) is 5.61. The number of ether oxygens (including phenoxy) is 1. The van der Waals surface area contributed by atoms with Crippen LogP contribution in [0, 0.1) is 16.0 Å². The van der Waals surface area contributed by atoms with Crippen LogP contribution < -0.4 is 24.7 Å². The van der Waals surface area contributed by atoms with Crippen LogP contribution >= 0.6 is 11.3 Å². The number of carbonyl (C=O) groups excluding carboxylic acids is 1. The van der Waals surface area contributed by atoms with E-state index in [4.69, 9.17) is 4.74 Å². The Morgan fingerprint density at radius 3 is 2.50 bits per heavy atom. The maximum absolute atomic E-state index is 14.1. The topological polar surface area (TPSA) is 110 Å². The van der Waals surface area contributed by atoms with Crippen LogP contribution in [0.3, 0.4) is 0 Å². The third-order valence-corrected chi connectivity index (χ3v) is 8.86. The van der Waals surface area contributed by atoms with Crippen LogP contribution in [0.15, 0.2) is 63.5 Å². The number of nitrogens with zero attached hydrogens (tertiary/aromatic N) is 5. The van der Waals surface area contributed by atoms with Gasteiger partial charge in [-0.15, -0.1) is 0 Å². The van der Waals surface area contributed by atoms with Gasteiger partial charge >= 0.3 is 5.97 Å². The van der Waals surface area contributed by atoms with E-state index in [2.05, 4.69) is 16.8 Å². The number of carbonyl (C=O) groups is 1. The van der Waals surface area contributed by atoms with E-state index in [1.807, 2.05) is 43.3 Å². The smallest absolute Gasteiger partial charge is 0.338 e. The fourth-order valence-electron chi connectivity index (χ4n) is 5.51. The Kier molecular flexibility index (Phi) is 8.31. The number of fused-ring (bicyclic) bond motifs is 1. The Balaban J connectivity index is 1.69. The maximum atomic E-state index is 14.1. The van der Waals surface area contributed by atoms with E-state index in [9.17, 15) is 19.7 Å². The molecule has 0 N–H and O–H groups in total. The first-order valence-electron chi connectivity index (χ1n) is 14.1. The van der Waals surface area contributed by atoms with Crippen molar-refractivity contribution < 1.29 is 14.5 Å². The first-order chi connectivity index (χ1) is 20.1. The number of aromatic nitrogens is 1. The standard InChI is InChI=1S/C31H35N5O5S/c1-6-41-30(38)27-20(3)32-31-35(28(27)21-7-9-23(10-8-21)33(4)5)29(37)26(42-31)18-22-17-24(36(39)40)11-12-25(22)34-15-13-19(2)14-16-34/h7-12,17-19,28H,6,13-16H2,1-5H3/b26-18+/t28-/m0/s1. The van der Waals surface area contributed by atoms with Gasteiger partial charge < -0.3 is 14.5 Å². The number of nitro benzene ring substituents is 1. The molecule has 0 saturated carbocycles. The molecule has 0 amide bonds. The molecule has 2 aliphatic rings. The van der Waals surface area contributed by atoms with E-state index >= 15 is 0 Å². The second-order valence-electron chi connectivity index (χ2n) is 11.0. The highest BCUT2D eigenvalue weighted by Gasteiger charge is 2.33. The summed E-state index contributed by atoms with van der Waals surface area (Å²) in [6, 6.07) is 11.8. The van der Waals surface area contributed by atoms with Crippen LogP contribution in [0.5, 0.6) is 0 Å². The lowest BCUT2D eigenvalue weighted by Crippen LogP contribution is -2.40. The normalized spacial score (nSPS) is 17.6. The first kappa shape index (κ1) is 29.2. The van der Waals surface area contributed by atoms with Gasteiger partial charge in [0.25, 0.3) is 11.2 Å². The monoisotopic (exact) mass is 589 g/mol. The van der Waals surface area contributed by atoms with Crippen LogP contribution in [0.4, 0.5) is 17.1 Å². The van der Waals surface area contributed by atoms with Gasteiger partial charge in [0.1, 0.15) is 0 Å². The Bertz CT molecular complexity index is 1730. The number of hydrogen-bond donors (Lipinski definition) is 0. The van der Waals surface area contributed by atoms with Gasteiger partial charge in [-0.2, -0.15) is 0 Å². The average molecular weight is 590 g/mol. The lowest BCUT2D eigenvalue weighted by Gasteiger charge is -2.33. The Hall–Kier alpha value is -4.25. The van der Waals surface area contributed by atoms with E-state index in [1.54, 1.807) is 30.6 Å². The minimum Gasteiger partial charge on any atom is -0.463 e. The van der Waals surface area contributed by atoms with Crippen molar-refractivity contribution in [2.24, 2.45) is 10.9 Å². The fourth-order valence-corrected chi connectivity index (χ4v) is 6.55. The number of anilines is 2. The minimum absolute atomic E-state index is 0.0394. The van der Waals surface area contributed by atoms with E-state index < -0.39 is 16.9 Å². The molecule has 1 aromatic heterocycles. The van der Waals surface area contributed by atoms with Crippen molar-refractivity contribution >= 4 is 40.4 Å². The molecule has 1 atom stereocenters. The summed E-state index contributed by atoms with van der Waals surface area (Å²) >= 11 is 1.21. The molecule has 0 unspecified atom stereocenters. The van der Waals surface area contributed by atoms with E-state index in [-0.39, 0.29) is 17.9 Å². The number of non-ortho nitro benzene ring substituents is 1. The highest BCUT2D eigenvalue weighted by atomic mass is 32.1. The lowest BCUT2D eigenvalue weighted by molar-refractivity contribution is -0.384. The van der Waals surface area contributed by atoms with Gasteiger partial charge in [-0.25, -0.2) is 9.79 Å². The zero-order chi connectivity index (χ0) is 30.1. The van der Waals surface area contributed by atoms with Gasteiger partial charge in [-0.3, -0.25) is 19.5 Å². The summed E-state index contributed by atoms with van der Waals surface area (Å²) in [5, 5.41) is 11.7.